The van der Waals surface area contributed by atoms with Crippen LogP contribution in [0, 0.1) is 11.8 Å². The molecule has 2 rings (SSSR count). The van der Waals surface area contributed by atoms with Gasteiger partial charge in [-0.15, -0.1) is 0 Å². The predicted molar refractivity (Wildman–Crippen MR) is 51.6 cm³/mol. The van der Waals surface area contributed by atoms with Crippen molar-refractivity contribution in [3.05, 3.63) is 11.1 Å². The summed E-state index contributed by atoms with van der Waals surface area (Å²) >= 11 is 0. The van der Waals surface area contributed by atoms with Gasteiger partial charge >= 0.3 is 5.97 Å². The van der Waals surface area contributed by atoms with Crippen LogP contribution in [0.4, 0.5) is 0 Å². The molecular weight excluding hydrogens is 180 g/mol. The van der Waals surface area contributed by atoms with Gasteiger partial charge in [-0.1, -0.05) is 5.57 Å². The molecule has 0 aliphatic heterocycles. The highest BCUT2D eigenvalue weighted by Gasteiger charge is 2.41. The highest BCUT2D eigenvalue weighted by molar-refractivity contribution is 5.91. The number of aliphatic hydroxyl groups is 1. The lowest BCUT2D eigenvalue weighted by atomic mass is 9.90. The molecule has 0 aromatic rings. The van der Waals surface area contributed by atoms with Gasteiger partial charge in [0, 0.05) is 12.2 Å². The van der Waals surface area contributed by atoms with Gasteiger partial charge in [-0.05, 0) is 37.5 Å². The molecule has 1 fully saturated rings. The van der Waals surface area contributed by atoms with E-state index in [1.54, 1.807) is 0 Å². The number of hydrogen-bond donors (Lipinski definition) is 1. The first-order valence-electron chi connectivity index (χ1n) is 5.20. The zero-order valence-electron chi connectivity index (χ0n) is 8.45. The summed E-state index contributed by atoms with van der Waals surface area (Å²) in [5.41, 5.74) is 2.04. The van der Waals surface area contributed by atoms with Gasteiger partial charge in [0.1, 0.15) is 0 Å². The quantitative estimate of drug-likeness (QED) is 0.691. The fourth-order valence-electron chi connectivity index (χ4n) is 2.91. The van der Waals surface area contributed by atoms with E-state index in [0.717, 1.165) is 24.0 Å². The second kappa shape index (κ2) is 3.73. The average Bonchev–Trinajstić information content (AvgIpc) is 2.77. The third-order valence-electron chi connectivity index (χ3n) is 3.47. The Bertz CT molecular complexity index is 280. The topological polar surface area (TPSA) is 46.5 Å². The summed E-state index contributed by atoms with van der Waals surface area (Å²) in [6.07, 6.45) is 4.04. The van der Waals surface area contributed by atoms with Crippen LogP contribution in [0.2, 0.25) is 0 Å². The highest BCUT2D eigenvalue weighted by Crippen LogP contribution is 2.49. The largest absolute Gasteiger partial charge is 0.466 e. The van der Waals surface area contributed by atoms with E-state index >= 15 is 0 Å². The average molecular weight is 196 g/mol. The molecule has 0 aromatic carbocycles. The number of fused-ring (bicyclic) bond motifs is 2. The zero-order valence-corrected chi connectivity index (χ0v) is 8.45. The van der Waals surface area contributed by atoms with E-state index in [-0.39, 0.29) is 12.6 Å². The van der Waals surface area contributed by atoms with Crippen molar-refractivity contribution in [1.29, 1.82) is 0 Å². The van der Waals surface area contributed by atoms with Crippen molar-refractivity contribution < 1.29 is 14.6 Å². The summed E-state index contributed by atoms with van der Waals surface area (Å²) in [4.78, 5) is 11.5. The van der Waals surface area contributed by atoms with E-state index in [4.69, 9.17) is 9.84 Å². The molecule has 0 amide bonds. The molecule has 1 saturated carbocycles. The van der Waals surface area contributed by atoms with Crippen LogP contribution >= 0.6 is 0 Å². The van der Waals surface area contributed by atoms with E-state index in [1.165, 1.54) is 13.5 Å². The number of ether oxygens (including phenoxy) is 1. The van der Waals surface area contributed by atoms with Crippen LogP contribution in [-0.2, 0) is 9.53 Å². The number of methoxy groups -OCH3 is 1. The summed E-state index contributed by atoms with van der Waals surface area (Å²) in [5.74, 6) is 0.774. The molecule has 0 heterocycles. The maximum Gasteiger partial charge on any atom is 0.333 e. The molecule has 14 heavy (non-hydrogen) atoms. The number of rotatable bonds is 3. The summed E-state index contributed by atoms with van der Waals surface area (Å²) in [6.45, 7) is 0.138. The lowest BCUT2D eigenvalue weighted by Crippen LogP contribution is -2.14. The molecule has 2 bridgehead atoms. The molecule has 3 heteroatoms. The van der Waals surface area contributed by atoms with E-state index < -0.39 is 0 Å². The third-order valence-corrected chi connectivity index (χ3v) is 3.47. The summed E-state index contributed by atoms with van der Waals surface area (Å²) in [7, 11) is 1.43. The molecule has 2 aliphatic carbocycles. The number of carbonyl (C=O) groups is 1. The van der Waals surface area contributed by atoms with Crippen molar-refractivity contribution in [2.45, 2.75) is 25.7 Å². The van der Waals surface area contributed by atoms with Gasteiger partial charge in [-0.3, -0.25) is 0 Å². The minimum absolute atomic E-state index is 0.138. The maximum atomic E-state index is 11.5. The summed E-state index contributed by atoms with van der Waals surface area (Å²) in [6, 6.07) is 0. The fraction of sp³-hybridized carbons (Fsp3) is 0.727. The molecule has 1 N–H and O–H groups in total. The van der Waals surface area contributed by atoms with Gasteiger partial charge < -0.3 is 9.84 Å². The Hall–Kier alpha value is -0.830. The Labute approximate surface area is 83.8 Å². The van der Waals surface area contributed by atoms with Crippen LogP contribution < -0.4 is 0 Å². The molecule has 2 aliphatic rings. The zero-order chi connectivity index (χ0) is 10.1. The Kier molecular flexibility index (Phi) is 2.59. The first-order chi connectivity index (χ1) is 6.77. The van der Waals surface area contributed by atoms with Gasteiger partial charge in [-0.25, -0.2) is 4.79 Å². The lowest BCUT2D eigenvalue weighted by molar-refractivity contribution is -0.136. The molecule has 3 nitrogen and oxygen atoms in total. The lowest BCUT2D eigenvalue weighted by Gasteiger charge is -2.17. The van der Waals surface area contributed by atoms with Crippen LogP contribution in [0.3, 0.4) is 0 Å². The Morgan fingerprint density at radius 2 is 2.21 bits per heavy atom. The molecule has 0 aromatic heterocycles. The predicted octanol–water partition coefficient (Wildman–Crippen LogP) is 1.27. The molecule has 0 radical (unpaired) electrons. The van der Waals surface area contributed by atoms with Crippen LogP contribution in [0.15, 0.2) is 11.1 Å². The van der Waals surface area contributed by atoms with Gasteiger partial charge in [0.05, 0.1) is 7.11 Å². The van der Waals surface area contributed by atoms with Crippen LogP contribution in [0.25, 0.3) is 0 Å². The van der Waals surface area contributed by atoms with Gasteiger partial charge in [0.2, 0.25) is 0 Å². The Morgan fingerprint density at radius 1 is 1.50 bits per heavy atom. The summed E-state index contributed by atoms with van der Waals surface area (Å²) in [5, 5.41) is 8.94. The molecule has 0 spiro atoms. The normalized spacial score (nSPS) is 29.9. The molecular formula is C11H16O3. The summed E-state index contributed by atoms with van der Waals surface area (Å²) < 4.78 is 4.78. The van der Waals surface area contributed by atoms with Gasteiger partial charge in [-0.2, -0.15) is 0 Å². The van der Waals surface area contributed by atoms with E-state index in [1.807, 2.05) is 0 Å². The second-order valence-electron chi connectivity index (χ2n) is 4.11. The minimum atomic E-state index is -0.180. The van der Waals surface area contributed by atoms with E-state index in [2.05, 4.69) is 0 Å². The monoisotopic (exact) mass is 196 g/mol. The van der Waals surface area contributed by atoms with Crippen molar-refractivity contribution in [2.75, 3.05) is 13.7 Å². The first kappa shape index (κ1) is 9.71. The smallest absolute Gasteiger partial charge is 0.333 e. The van der Waals surface area contributed by atoms with Crippen molar-refractivity contribution in [1.82, 2.24) is 0 Å². The Balaban J connectivity index is 2.26. The van der Waals surface area contributed by atoms with E-state index in [0.29, 0.717) is 18.3 Å². The number of aliphatic hydroxyl groups excluding tert-OH is 1. The van der Waals surface area contributed by atoms with Crippen LogP contribution in [0.5, 0.6) is 0 Å². The Morgan fingerprint density at radius 3 is 2.86 bits per heavy atom. The van der Waals surface area contributed by atoms with Crippen molar-refractivity contribution in [2.24, 2.45) is 11.8 Å². The molecule has 2 atom stereocenters. The van der Waals surface area contributed by atoms with Crippen LogP contribution in [-0.4, -0.2) is 24.8 Å². The molecule has 78 valence electrons. The SMILES string of the molecule is COC(=O)C1=C(CCO)C2CCC1C2. The molecule has 0 saturated heterocycles. The first-order valence-corrected chi connectivity index (χ1v) is 5.20. The standard InChI is InChI=1S/C11H16O3/c1-14-11(13)10-8-3-2-7(6-8)9(10)4-5-12/h7-8,12H,2-6H2,1H3. The molecule has 2 unspecified atom stereocenters. The fourth-order valence-corrected chi connectivity index (χ4v) is 2.91. The number of hydrogen-bond acceptors (Lipinski definition) is 3. The van der Waals surface area contributed by atoms with Gasteiger partial charge in [0.15, 0.2) is 0 Å². The number of carbonyl (C=O) groups excluding carboxylic acids is 1. The third kappa shape index (κ3) is 1.36. The number of esters is 1. The second-order valence-corrected chi connectivity index (χ2v) is 4.11. The van der Waals surface area contributed by atoms with E-state index in [9.17, 15) is 4.79 Å². The van der Waals surface area contributed by atoms with Crippen molar-refractivity contribution in [3.63, 3.8) is 0 Å². The highest BCUT2D eigenvalue weighted by atomic mass is 16.5. The van der Waals surface area contributed by atoms with Crippen molar-refractivity contribution >= 4 is 5.97 Å². The van der Waals surface area contributed by atoms with Gasteiger partial charge in [0.25, 0.3) is 0 Å². The maximum absolute atomic E-state index is 11.5. The minimum Gasteiger partial charge on any atom is -0.466 e. The van der Waals surface area contributed by atoms with Crippen LogP contribution in [0.1, 0.15) is 25.7 Å². The van der Waals surface area contributed by atoms with Crippen molar-refractivity contribution in [3.8, 4) is 0 Å².